The van der Waals surface area contributed by atoms with Crippen LogP contribution in [-0.4, -0.2) is 33.0 Å². The Morgan fingerprint density at radius 1 is 0.857 bits per heavy atom. The van der Waals surface area contributed by atoms with E-state index in [1.165, 1.54) is 58.2 Å². The smallest absolute Gasteiger partial charge is 0.333 e. The minimum absolute atomic E-state index is 0.0707. The summed E-state index contributed by atoms with van der Waals surface area (Å²) in [5, 5.41) is 8.25. The molecule has 2 amide bonds. The van der Waals surface area contributed by atoms with E-state index in [1.807, 2.05) is 48.6 Å². The standard InChI is InChI=1S/C28H25N5O5.C6H12.C5H12/c1-31-26(36)22(27(38-3)32(2)28(31)37)30-29-20-16-10-15-19-21(20)25(35)33(24(19)34)23(17-11-6-4-7-12-17)18-13-8-5-9-14-18;1-3-5-6-4-2;1-3-5-4-2/h4,6-8,10-16,23H,5,9H2,1-3H3;3,5H,4,6H2,1-2H3;3-5H2,1-2H3. The fourth-order valence-corrected chi connectivity index (χ4v) is 5.48. The lowest BCUT2D eigenvalue weighted by Gasteiger charge is -2.29. The second-order valence-electron chi connectivity index (χ2n) is 11.7. The van der Waals surface area contributed by atoms with E-state index in [9.17, 15) is 19.2 Å². The summed E-state index contributed by atoms with van der Waals surface area (Å²) in [5.41, 5.74) is 0.604. The number of methoxy groups -OCH3 is 1. The molecule has 1 aliphatic heterocycles. The zero-order chi connectivity index (χ0) is 35.9. The van der Waals surface area contributed by atoms with Crippen LogP contribution in [0.5, 0.6) is 5.88 Å². The summed E-state index contributed by atoms with van der Waals surface area (Å²) in [6, 6.07) is 13.5. The first-order valence-corrected chi connectivity index (χ1v) is 17.0. The molecule has 5 rings (SSSR count). The number of amides is 2. The number of nitrogens with zero attached hydrogens (tertiary/aromatic N) is 5. The number of hydrogen-bond acceptors (Lipinski definition) is 7. The number of benzene rings is 2. The molecule has 0 spiro atoms. The van der Waals surface area contributed by atoms with E-state index in [2.05, 4.69) is 50.1 Å². The molecule has 1 aliphatic carbocycles. The van der Waals surface area contributed by atoms with Gasteiger partial charge < -0.3 is 4.74 Å². The first-order chi connectivity index (χ1) is 23.7. The van der Waals surface area contributed by atoms with Crippen LogP contribution in [0, 0.1) is 0 Å². The number of fused-ring (bicyclic) bond motifs is 1. The highest BCUT2D eigenvalue weighted by Gasteiger charge is 2.43. The molecule has 2 heterocycles. The van der Waals surface area contributed by atoms with E-state index in [0.717, 1.165) is 33.1 Å². The Bertz CT molecular complexity index is 1830. The van der Waals surface area contributed by atoms with Crippen molar-refractivity contribution >= 4 is 23.2 Å². The third kappa shape index (κ3) is 9.07. The van der Waals surface area contributed by atoms with Gasteiger partial charge in [0, 0.05) is 14.1 Å². The fraction of sp³-hybridized carbons (Fsp3) is 0.385. The largest absolute Gasteiger partial charge is 0.480 e. The Morgan fingerprint density at radius 3 is 2.12 bits per heavy atom. The third-order valence-corrected chi connectivity index (χ3v) is 8.07. The Balaban J connectivity index is 0.000000513. The molecular weight excluding hydrogens is 618 g/mol. The second-order valence-corrected chi connectivity index (χ2v) is 11.7. The first-order valence-electron chi connectivity index (χ1n) is 17.0. The molecule has 49 heavy (non-hydrogen) atoms. The molecule has 1 aromatic heterocycles. The van der Waals surface area contributed by atoms with Crippen molar-refractivity contribution in [2.24, 2.45) is 24.3 Å². The summed E-state index contributed by atoms with van der Waals surface area (Å²) in [4.78, 5) is 53.7. The van der Waals surface area contributed by atoms with Crippen LogP contribution >= 0.6 is 0 Å². The van der Waals surface area contributed by atoms with E-state index in [-0.39, 0.29) is 28.4 Å². The van der Waals surface area contributed by atoms with Gasteiger partial charge in [-0.2, -0.15) is 0 Å². The molecule has 0 bridgehead atoms. The van der Waals surface area contributed by atoms with Crippen LogP contribution < -0.4 is 16.0 Å². The molecule has 10 nitrogen and oxygen atoms in total. The highest BCUT2D eigenvalue weighted by Crippen LogP contribution is 2.40. The number of allylic oxidation sites excluding steroid dienone is 4. The summed E-state index contributed by atoms with van der Waals surface area (Å²) in [6.07, 6.45) is 18.6. The quantitative estimate of drug-likeness (QED) is 0.122. The summed E-state index contributed by atoms with van der Waals surface area (Å²) < 4.78 is 7.25. The van der Waals surface area contributed by atoms with Crippen LogP contribution in [0.3, 0.4) is 0 Å². The van der Waals surface area contributed by atoms with Gasteiger partial charge in [0.05, 0.1) is 30.0 Å². The summed E-state index contributed by atoms with van der Waals surface area (Å²) in [5.74, 6) is -1.02. The zero-order valence-corrected chi connectivity index (χ0v) is 29.8. The van der Waals surface area contributed by atoms with Crippen molar-refractivity contribution in [2.45, 2.75) is 78.7 Å². The zero-order valence-electron chi connectivity index (χ0n) is 29.8. The predicted molar refractivity (Wildman–Crippen MR) is 195 cm³/mol. The molecule has 0 radical (unpaired) electrons. The SMILES string of the molecule is CC=CCCC.CCCCC.COc1c(N=Nc2cccc3c2C(=O)N(C(C2=CCCC=C2)c2ccccc2)C3=O)c(=O)n(C)c(=O)n1C. The van der Waals surface area contributed by atoms with E-state index >= 15 is 0 Å². The van der Waals surface area contributed by atoms with E-state index < -0.39 is 29.1 Å². The van der Waals surface area contributed by atoms with Crippen LogP contribution in [-0.2, 0) is 14.1 Å². The van der Waals surface area contributed by atoms with Crippen LogP contribution in [0.1, 0.15) is 105 Å². The summed E-state index contributed by atoms with van der Waals surface area (Å²) in [7, 11) is 4.07. The molecule has 3 aromatic rings. The summed E-state index contributed by atoms with van der Waals surface area (Å²) >= 11 is 0. The maximum Gasteiger partial charge on any atom is 0.333 e. The van der Waals surface area contributed by atoms with Gasteiger partial charge in [-0.3, -0.25) is 28.4 Å². The van der Waals surface area contributed by atoms with Crippen molar-refractivity contribution in [3.8, 4) is 5.88 Å². The Morgan fingerprint density at radius 2 is 1.57 bits per heavy atom. The minimum Gasteiger partial charge on any atom is -0.480 e. The van der Waals surface area contributed by atoms with Gasteiger partial charge in [0.25, 0.3) is 17.4 Å². The third-order valence-electron chi connectivity index (χ3n) is 8.07. The number of carbonyl (C=O) groups is 2. The number of ether oxygens (including phenoxy) is 1. The number of carbonyl (C=O) groups excluding carboxylic acids is 2. The fourth-order valence-electron chi connectivity index (χ4n) is 5.48. The van der Waals surface area contributed by atoms with Crippen molar-refractivity contribution < 1.29 is 14.3 Å². The van der Waals surface area contributed by atoms with Crippen LogP contribution in [0.2, 0.25) is 0 Å². The summed E-state index contributed by atoms with van der Waals surface area (Å²) in [6.45, 7) is 8.66. The van der Waals surface area contributed by atoms with Gasteiger partial charge in [0.1, 0.15) is 0 Å². The maximum absolute atomic E-state index is 13.9. The number of azo groups is 1. The molecule has 10 heteroatoms. The molecule has 2 aromatic carbocycles. The maximum atomic E-state index is 13.9. The molecule has 0 fully saturated rings. The second kappa shape index (κ2) is 19.0. The minimum atomic E-state index is -0.703. The molecule has 260 valence electrons. The Kier molecular flexibility index (Phi) is 14.9. The van der Waals surface area contributed by atoms with Gasteiger partial charge in [-0.1, -0.05) is 113 Å². The Labute approximate surface area is 289 Å². The van der Waals surface area contributed by atoms with E-state index in [1.54, 1.807) is 18.2 Å². The molecule has 0 saturated heterocycles. The van der Waals surface area contributed by atoms with Crippen molar-refractivity contribution in [1.82, 2.24) is 14.0 Å². The number of unbranched alkanes of at least 4 members (excludes halogenated alkanes) is 3. The van der Waals surface area contributed by atoms with E-state index in [0.29, 0.717) is 0 Å². The number of aromatic nitrogens is 2. The molecule has 0 N–H and O–H groups in total. The molecule has 1 atom stereocenters. The molecular formula is C39H49N5O5. The van der Waals surface area contributed by atoms with Crippen LogP contribution in [0.15, 0.2) is 104 Å². The monoisotopic (exact) mass is 667 g/mol. The van der Waals surface area contributed by atoms with Gasteiger partial charge in [-0.15, -0.1) is 10.2 Å². The number of hydrogen-bond donors (Lipinski definition) is 0. The lowest BCUT2D eigenvalue weighted by atomic mass is 9.93. The highest BCUT2D eigenvalue weighted by atomic mass is 16.5. The van der Waals surface area contributed by atoms with Crippen LogP contribution in [0.25, 0.3) is 0 Å². The highest BCUT2D eigenvalue weighted by molar-refractivity contribution is 6.23. The molecule has 2 aliphatic rings. The van der Waals surface area contributed by atoms with Gasteiger partial charge in [-0.05, 0) is 49.5 Å². The number of imide groups is 1. The average molecular weight is 668 g/mol. The molecule has 0 saturated carbocycles. The topological polar surface area (TPSA) is 115 Å². The van der Waals surface area contributed by atoms with Gasteiger partial charge in [0.15, 0.2) is 0 Å². The number of rotatable bonds is 10. The lowest BCUT2D eigenvalue weighted by molar-refractivity contribution is 0.0608. The van der Waals surface area contributed by atoms with Crippen molar-refractivity contribution in [2.75, 3.05) is 7.11 Å². The first kappa shape index (κ1) is 38.3. The van der Waals surface area contributed by atoms with Crippen LogP contribution in [0.4, 0.5) is 11.4 Å². The predicted octanol–water partition coefficient (Wildman–Crippen LogP) is 8.68. The lowest BCUT2D eigenvalue weighted by Crippen LogP contribution is -2.37. The van der Waals surface area contributed by atoms with E-state index in [4.69, 9.17) is 4.74 Å². The average Bonchev–Trinajstić information content (AvgIpc) is 3.38. The van der Waals surface area contributed by atoms with Crippen molar-refractivity contribution in [1.29, 1.82) is 0 Å². The van der Waals surface area contributed by atoms with Gasteiger partial charge in [-0.25, -0.2) is 4.79 Å². The normalized spacial score (nSPS) is 14.3. The van der Waals surface area contributed by atoms with Crippen molar-refractivity contribution in [3.05, 3.63) is 122 Å². The Hall–Kier alpha value is -5.12. The van der Waals surface area contributed by atoms with Gasteiger partial charge >= 0.3 is 5.69 Å². The molecule has 1 unspecified atom stereocenters. The van der Waals surface area contributed by atoms with Crippen molar-refractivity contribution in [3.63, 3.8) is 0 Å². The van der Waals surface area contributed by atoms with Gasteiger partial charge in [0.2, 0.25) is 11.6 Å².